The largest absolute Gasteiger partial charge is 0.370 e. The SMILES string of the molecule is CN(C)c1nc(-c2ccc(C3=NCCCN3)cc2)nc(-c2ccc(C3=NCCCN3)cc2)n1. The summed E-state index contributed by atoms with van der Waals surface area (Å²) in [4.78, 5) is 25.2. The molecule has 1 aromatic heterocycles. The van der Waals surface area contributed by atoms with Crippen molar-refractivity contribution in [2.75, 3.05) is 45.2 Å². The Morgan fingerprint density at radius 2 is 1.03 bits per heavy atom. The van der Waals surface area contributed by atoms with Crippen molar-refractivity contribution in [3.05, 3.63) is 59.7 Å². The fourth-order valence-electron chi connectivity index (χ4n) is 3.83. The third-order valence-corrected chi connectivity index (χ3v) is 5.65. The highest BCUT2D eigenvalue weighted by Crippen LogP contribution is 2.24. The lowest BCUT2D eigenvalue weighted by molar-refractivity contribution is 0.742. The van der Waals surface area contributed by atoms with Crippen molar-refractivity contribution in [2.45, 2.75) is 12.8 Å². The number of aliphatic imine (C=N–C) groups is 2. The van der Waals surface area contributed by atoms with Gasteiger partial charge >= 0.3 is 0 Å². The van der Waals surface area contributed by atoms with E-state index < -0.39 is 0 Å². The minimum atomic E-state index is 0.625. The lowest BCUT2D eigenvalue weighted by Gasteiger charge is -2.16. The molecule has 0 aliphatic carbocycles. The number of benzene rings is 2. The Labute approximate surface area is 193 Å². The zero-order valence-corrected chi connectivity index (χ0v) is 19.0. The van der Waals surface area contributed by atoms with Crippen LogP contribution in [0.25, 0.3) is 22.8 Å². The van der Waals surface area contributed by atoms with Crippen molar-refractivity contribution in [1.82, 2.24) is 25.6 Å². The molecule has 0 saturated carbocycles. The lowest BCUT2D eigenvalue weighted by Crippen LogP contribution is -2.30. The Morgan fingerprint density at radius 1 is 0.606 bits per heavy atom. The molecule has 8 nitrogen and oxygen atoms in total. The summed E-state index contributed by atoms with van der Waals surface area (Å²) in [6, 6.07) is 16.4. The normalized spacial score (nSPS) is 15.7. The van der Waals surface area contributed by atoms with E-state index in [4.69, 9.17) is 15.0 Å². The molecule has 168 valence electrons. The second kappa shape index (κ2) is 9.36. The van der Waals surface area contributed by atoms with E-state index in [0.29, 0.717) is 17.6 Å². The maximum Gasteiger partial charge on any atom is 0.228 e. The summed E-state index contributed by atoms with van der Waals surface area (Å²) in [5.74, 6) is 3.83. The third kappa shape index (κ3) is 4.69. The zero-order valence-electron chi connectivity index (χ0n) is 19.0. The Bertz CT molecular complexity index is 1090. The minimum Gasteiger partial charge on any atom is -0.370 e. The predicted molar refractivity (Wildman–Crippen MR) is 133 cm³/mol. The number of anilines is 1. The van der Waals surface area contributed by atoms with Gasteiger partial charge in [-0.05, 0) is 12.8 Å². The molecule has 0 unspecified atom stereocenters. The van der Waals surface area contributed by atoms with Crippen LogP contribution >= 0.6 is 0 Å². The van der Waals surface area contributed by atoms with Crippen LogP contribution < -0.4 is 15.5 Å². The van der Waals surface area contributed by atoms with Gasteiger partial charge in [0.15, 0.2) is 11.6 Å². The Balaban J connectivity index is 1.46. The molecule has 0 saturated heterocycles. The summed E-state index contributed by atoms with van der Waals surface area (Å²) in [6.45, 7) is 3.67. The summed E-state index contributed by atoms with van der Waals surface area (Å²) in [7, 11) is 3.88. The van der Waals surface area contributed by atoms with Crippen molar-refractivity contribution in [3.8, 4) is 22.8 Å². The number of amidine groups is 2. The van der Waals surface area contributed by atoms with Crippen LogP contribution in [0.3, 0.4) is 0 Å². The van der Waals surface area contributed by atoms with E-state index in [1.54, 1.807) is 0 Å². The molecule has 2 aliphatic heterocycles. The standard InChI is InChI=1S/C25H28N8/c1-33(2)25-31-23(19-9-5-17(6-10-19)21-26-13-3-14-27-21)30-24(32-25)20-11-7-18(8-12-20)22-28-15-4-16-29-22/h5-12H,3-4,13-16H2,1-2H3,(H,26,27)(H,28,29). The fourth-order valence-corrected chi connectivity index (χ4v) is 3.83. The molecule has 0 spiro atoms. The molecule has 2 aromatic carbocycles. The van der Waals surface area contributed by atoms with Gasteiger partial charge in [0.1, 0.15) is 11.7 Å². The molecule has 5 rings (SSSR count). The van der Waals surface area contributed by atoms with Gasteiger partial charge in [-0.2, -0.15) is 9.97 Å². The monoisotopic (exact) mass is 440 g/mol. The Kier molecular flexibility index (Phi) is 5.97. The van der Waals surface area contributed by atoms with Crippen LogP contribution in [-0.2, 0) is 0 Å². The lowest BCUT2D eigenvalue weighted by atomic mass is 10.1. The summed E-state index contributed by atoms with van der Waals surface area (Å²) in [5.41, 5.74) is 4.05. The van der Waals surface area contributed by atoms with Crippen LogP contribution in [0.15, 0.2) is 58.5 Å². The van der Waals surface area contributed by atoms with Crippen molar-refractivity contribution < 1.29 is 0 Å². The first-order valence-corrected chi connectivity index (χ1v) is 11.4. The molecule has 0 radical (unpaired) electrons. The molecular weight excluding hydrogens is 412 g/mol. The summed E-state index contributed by atoms with van der Waals surface area (Å²) < 4.78 is 0. The Morgan fingerprint density at radius 3 is 1.39 bits per heavy atom. The summed E-state index contributed by atoms with van der Waals surface area (Å²) in [6.07, 6.45) is 2.16. The molecular formula is C25H28N8. The molecule has 33 heavy (non-hydrogen) atoms. The zero-order chi connectivity index (χ0) is 22.6. The molecule has 2 N–H and O–H groups in total. The highest BCUT2D eigenvalue weighted by Gasteiger charge is 2.14. The van der Waals surface area contributed by atoms with Crippen molar-refractivity contribution >= 4 is 17.6 Å². The average Bonchev–Trinajstić information content (AvgIpc) is 2.89. The van der Waals surface area contributed by atoms with Gasteiger partial charge in [0, 0.05) is 62.5 Å². The van der Waals surface area contributed by atoms with Crippen LogP contribution in [-0.4, -0.2) is 66.9 Å². The molecule has 8 heteroatoms. The van der Waals surface area contributed by atoms with E-state index in [9.17, 15) is 0 Å². The van der Waals surface area contributed by atoms with E-state index in [1.165, 1.54) is 0 Å². The maximum absolute atomic E-state index is 4.80. The second-order valence-electron chi connectivity index (χ2n) is 8.35. The van der Waals surface area contributed by atoms with Crippen LogP contribution in [0, 0.1) is 0 Å². The first kappa shape index (κ1) is 21.1. The topological polar surface area (TPSA) is 90.7 Å². The smallest absolute Gasteiger partial charge is 0.228 e. The van der Waals surface area contributed by atoms with Crippen molar-refractivity contribution in [3.63, 3.8) is 0 Å². The van der Waals surface area contributed by atoms with Crippen LogP contribution in [0.1, 0.15) is 24.0 Å². The minimum absolute atomic E-state index is 0.625. The number of nitrogens with zero attached hydrogens (tertiary/aromatic N) is 6. The molecule has 0 bridgehead atoms. The summed E-state index contributed by atoms with van der Waals surface area (Å²) >= 11 is 0. The van der Waals surface area contributed by atoms with E-state index in [1.807, 2.05) is 43.3 Å². The van der Waals surface area contributed by atoms with E-state index in [2.05, 4.69) is 44.9 Å². The van der Waals surface area contributed by atoms with E-state index in [0.717, 1.165) is 72.9 Å². The molecule has 3 aromatic rings. The van der Waals surface area contributed by atoms with Gasteiger partial charge in [-0.3, -0.25) is 9.98 Å². The quantitative estimate of drug-likeness (QED) is 0.634. The molecule has 0 fully saturated rings. The fraction of sp³-hybridized carbons (Fsp3) is 0.320. The molecule has 0 amide bonds. The highest BCUT2D eigenvalue weighted by atomic mass is 15.2. The first-order valence-electron chi connectivity index (χ1n) is 11.4. The average molecular weight is 441 g/mol. The summed E-state index contributed by atoms with van der Waals surface area (Å²) in [5, 5.41) is 6.73. The number of aromatic nitrogens is 3. The van der Waals surface area contributed by atoms with Gasteiger partial charge in [-0.15, -0.1) is 0 Å². The molecule has 3 heterocycles. The van der Waals surface area contributed by atoms with Gasteiger partial charge < -0.3 is 15.5 Å². The van der Waals surface area contributed by atoms with Crippen LogP contribution in [0.5, 0.6) is 0 Å². The van der Waals surface area contributed by atoms with Crippen LogP contribution in [0.4, 0.5) is 5.95 Å². The molecule has 2 aliphatic rings. The van der Waals surface area contributed by atoms with Crippen molar-refractivity contribution in [2.24, 2.45) is 9.98 Å². The predicted octanol–water partition coefficient (Wildman–Crippen LogP) is 2.75. The number of rotatable bonds is 5. The first-order chi connectivity index (χ1) is 16.2. The number of hydrogen-bond donors (Lipinski definition) is 2. The Hall–Kier alpha value is -3.81. The van der Waals surface area contributed by atoms with Gasteiger partial charge in [-0.1, -0.05) is 48.5 Å². The number of nitrogens with one attached hydrogen (secondary N) is 2. The van der Waals surface area contributed by atoms with Crippen molar-refractivity contribution in [1.29, 1.82) is 0 Å². The van der Waals surface area contributed by atoms with Gasteiger partial charge in [0.25, 0.3) is 0 Å². The maximum atomic E-state index is 4.80. The third-order valence-electron chi connectivity index (χ3n) is 5.65. The second-order valence-corrected chi connectivity index (χ2v) is 8.35. The van der Waals surface area contributed by atoms with Gasteiger partial charge in [0.2, 0.25) is 5.95 Å². The highest BCUT2D eigenvalue weighted by molar-refractivity contribution is 6.00. The van der Waals surface area contributed by atoms with Gasteiger partial charge in [-0.25, -0.2) is 4.98 Å². The molecule has 0 atom stereocenters. The van der Waals surface area contributed by atoms with Crippen LogP contribution in [0.2, 0.25) is 0 Å². The van der Waals surface area contributed by atoms with Gasteiger partial charge in [0.05, 0.1) is 0 Å². The van der Waals surface area contributed by atoms with E-state index >= 15 is 0 Å². The number of hydrogen-bond acceptors (Lipinski definition) is 8. The van der Waals surface area contributed by atoms with E-state index in [-0.39, 0.29) is 0 Å².